The van der Waals surface area contributed by atoms with Gasteiger partial charge in [0.05, 0.1) is 17.9 Å². The standard InChI is InChI=1S/C14H20FN3O2/c15-12-8-11(9-16-10-12)14(20)17-4-1-5-18-6-2-13(19)3-7-18/h8-10,13,19H,1-7H2,(H,17,20). The number of amides is 1. The fraction of sp³-hybridized carbons (Fsp3) is 0.571. The van der Waals surface area contributed by atoms with Crippen LogP contribution in [0.15, 0.2) is 18.5 Å². The summed E-state index contributed by atoms with van der Waals surface area (Å²) in [4.78, 5) is 17.7. The van der Waals surface area contributed by atoms with Crippen LogP contribution >= 0.6 is 0 Å². The summed E-state index contributed by atoms with van der Waals surface area (Å²) < 4.78 is 12.9. The van der Waals surface area contributed by atoms with Crippen LogP contribution < -0.4 is 5.32 Å². The van der Waals surface area contributed by atoms with E-state index in [0.29, 0.717) is 6.54 Å². The number of carbonyl (C=O) groups excluding carboxylic acids is 1. The van der Waals surface area contributed by atoms with Crippen molar-refractivity contribution >= 4 is 5.91 Å². The molecular formula is C14H20FN3O2. The van der Waals surface area contributed by atoms with Crippen molar-refractivity contribution in [3.8, 4) is 0 Å². The van der Waals surface area contributed by atoms with Crippen molar-refractivity contribution in [3.63, 3.8) is 0 Å². The molecule has 1 aromatic rings. The Morgan fingerprint density at radius 2 is 2.20 bits per heavy atom. The van der Waals surface area contributed by atoms with Gasteiger partial charge in [-0.1, -0.05) is 0 Å². The van der Waals surface area contributed by atoms with Gasteiger partial charge in [0.15, 0.2) is 0 Å². The van der Waals surface area contributed by atoms with Gasteiger partial charge in [0, 0.05) is 25.8 Å². The van der Waals surface area contributed by atoms with Crippen LogP contribution in [0.3, 0.4) is 0 Å². The number of aromatic nitrogens is 1. The second-order valence-corrected chi connectivity index (χ2v) is 5.07. The summed E-state index contributed by atoms with van der Waals surface area (Å²) in [5.74, 6) is -0.810. The molecule has 1 amide bonds. The molecule has 1 aliphatic heterocycles. The minimum absolute atomic E-state index is 0.161. The second kappa shape index (κ2) is 7.31. The Kier molecular flexibility index (Phi) is 5.43. The number of likely N-dealkylation sites (tertiary alicyclic amines) is 1. The molecule has 0 bridgehead atoms. The molecule has 20 heavy (non-hydrogen) atoms. The van der Waals surface area contributed by atoms with Crippen LogP contribution in [0, 0.1) is 5.82 Å². The first-order chi connectivity index (χ1) is 9.65. The second-order valence-electron chi connectivity index (χ2n) is 5.07. The van der Waals surface area contributed by atoms with Gasteiger partial charge in [-0.25, -0.2) is 4.39 Å². The molecule has 1 aliphatic rings. The van der Waals surface area contributed by atoms with E-state index in [1.54, 1.807) is 0 Å². The van der Waals surface area contributed by atoms with Crippen molar-refractivity contribution in [1.82, 2.24) is 15.2 Å². The Bertz CT molecular complexity index is 448. The Labute approximate surface area is 117 Å². The van der Waals surface area contributed by atoms with E-state index in [1.807, 2.05) is 0 Å². The summed E-state index contributed by atoms with van der Waals surface area (Å²) in [6, 6.07) is 1.17. The largest absolute Gasteiger partial charge is 0.393 e. The zero-order valence-electron chi connectivity index (χ0n) is 11.4. The maximum Gasteiger partial charge on any atom is 0.252 e. The average molecular weight is 281 g/mol. The van der Waals surface area contributed by atoms with E-state index in [0.717, 1.165) is 45.1 Å². The molecule has 0 spiro atoms. The maximum absolute atomic E-state index is 12.9. The zero-order chi connectivity index (χ0) is 14.4. The molecule has 2 heterocycles. The molecule has 2 N–H and O–H groups in total. The molecule has 6 heteroatoms. The number of piperidine rings is 1. The number of pyridine rings is 1. The first-order valence-electron chi connectivity index (χ1n) is 6.94. The Balaban J connectivity index is 1.64. The van der Waals surface area contributed by atoms with Crippen molar-refractivity contribution in [2.45, 2.75) is 25.4 Å². The molecule has 110 valence electrons. The lowest BCUT2D eigenvalue weighted by Crippen LogP contribution is -2.37. The van der Waals surface area contributed by atoms with Crippen LogP contribution in [0.1, 0.15) is 29.6 Å². The highest BCUT2D eigenvalue weighted by atomic mass is 19.1. The molecule has 0 aliphatic carbocycles. The third-order valence-electron chi connectivity index (χ3n) is 3.46. The van der Waals surface area contributed by atoms with Gasteiger partial charge in [-0.2, -0.15) is 0 Å². The molecule has 2 rings (SSSR count). The van der Waals surface area contributed by atoms with E-state index < -0.39 is 5.82 Å². The summed E-state index contributed by atoms with van der Waals surface area (Å²) in [6.45, 7) is 3.26. The molecule has 1 fully saturated rings. The summed E-state index contributed by atoms with van der Waals surface area (Å²) >= 11 is 0. The minimum atomic E-state index is -0.510. The third kappa shape index (κ3) is 4.54. The Morgan fingerprint density at radius 1 is 1.45 bits per heavy atom. The monoisotopic (exact) mass is 281 g/mol. The lowest BCUT2D eigenvalue weighted by atomic mass is 10.1. The molecule has 0 saturated carbocycles. The molecule has 1 saturated heterocycles. The number of halogens is 1. The van der Waals surface area contributed by atoms with Gasteiger partial charge in [0.25, 0.3) is 5.91 Å². The molecule has 5 nitrogen and oxygen atoms in total. The fourth-order valence-corrected chi connectivity index (χ4v) is 2.29. The highest BCUT2D eigenvalue weighted by Crippen LogP contribution is 2.09. The number of aliphatic hydroxyl groups is 1. The molecule has 0 atom stereocenters. The topological polar surface area (TPSA) is 65.5 Å². The quantitative estimate of drug-likeness (QED) is 0.784. The Morgan fingerprint density at radius 3 is 2.90 bits per heavy atom. The van der Waals surface area contributed by atoms with E-state index in [2.05, 4.69) is 15.2 Å². The van der Waals surface area contributed by atoms with Crippen molar-refractivity contribution < 1.29 is 14.3 Å². The Hall–Kier alpha value is -1.53. The van der Waals surface area contributed by atoms with Crippen molar-refractivity contribution in [2.24, 2.45) is 0 Å². The fourth-order valence-electron chi connectivity index (χ4n) is 2.29. The van der Waals surface area contributed by atoms with Crippen molar-refractivity contribution in [3.05, 3.63) is 29.8 Å². The molecule has 0 unspecified atom stereocenters. The highest BCUT2D eigenvalue weighted by Gasteiger charge is 2.16. The van der Waals surface area contributed by atoms with E-state index in [4.69, 9.17) is 0 Å². The lowest BCUT2D eigenvalue weighted by Gasteiger charge is -2.29. The number of carbonyl (C=O) groups is 1. The first kappa shape index (κ1) is 14.9. The van der Waals surface area contributed by atoms with Gasteiger partial charge in [-0.05, 0) is 31.9 Å². The van der Waals surface area contributed by atoms with Crippen LogP contribution in [0.5, 0.6) is 0 Å². The number of hydrogen-bond acceptors (Lipinski definition) is 4. The smallest absolute Gasteiger partial charge is 0.252 e. The lowest BCUT2D eigenvalue weighted by molar-refractivity contribution is 0.0816. The molecular weight excluding hydrogens is 261 g/mol. The summed E-state index contributed by atoms with van der Waals surface area (Å²) in [5, 5.41) is 12.2. The highest BCUT2D eigenvalue weighted by molar-refractivity contribution is 5.93. The number of nitrogens with zero attached hydrogens (tertiary/aromatic N) is 2. The zero-order valence-corrected chi connectivity index (χ0v) is 11.4. The van der Waals surface area contributed by atoms with Crippen LogP contribution in [-0.4, -0.2) is 53.2 Å². The predicted molar refractivity (Wildman–Crippen MR) is 72.8 cm³/mol. The van der Waals surface area contributed by atoms with E-state index in [9.17, 15) is 14.3 Å². The van der Waals surface area contributed by atoms with Crippen LogP contribution in [-0.2, 0) is 0 Å². The van der Waals surface area contributed by atoms with Crippen molar-refractivity contribution in [2.75, 3.05) is 26.2 Å². The average Bonchev–Trinajstić information content (AvgIpc) is 2.45. The SMILES string of the molecule is O=C(NCCCN1CCC(O)CC1)c1cncc(F)c1. The minimum Gasteiger partial charge on any atom is -0.393 e. The molecule has 1 aromatic heterocycles. The summed E-state index contributed by atoms with van der Waals surface area (Å²) in [5.41, 5.74) is 0.242. The van der Waals surface area contributed by atoms with Crippen LogP contribution in [0.25, 0.3) is 0 Å². The van der Waals surface area contributed by atoms with Gasteiger partial charge in [0.2, 0.25) is 0 Å². The van der Waals surface area contributed by atoms with Crippen LogP contribution in [0.2, 0.25) is 0 Å². The van der Waals surface area contributed by atoms with Gasteiger partial charge >= 0.3 is 0 Å². The first-order valence-corrected chi connectivity index (χ1v) is 6.94. The third-order valence-corrected chi connectivity index (χ3v) is 3.46. The van der Waals surface area contributed by atoms with Crippen LogP contribution in [0.4, 0.5) is 4.39 Å². The number of nitrogens with one attached hydrogen (secondary N) is 1. The van der Waals surface area contributed by atoms with Crippen molar-refractivity contribution in [1.29, 1.82) is 0 Å². The summed E-state index contributed by atoms with van der Waals surface area (Å²) in [7, 11) is 0. The van der Waals surface area contributed by atoms with E-state index in [1.165, 1.54) is 12.3 Å². The van der Waals surface area contributed by atoms with Gasteiger partial charge in [-0.15, -0.1) is 0 Å². The maximum atomic E-state index is 12.9. The van der Waals surface area contributed by atoms with E-state index in [-0.39, 0.29) is 17.6 Å². The van der Waals surface area contributed by atoms with Gasteiger partial charge < -0.3 is 15.3 Å². The predicted octanol–water partition coefficient (Wildman–Crippen LogP) is 0.797. The van der Waals surface area contributed by atoms with Gasteiger partial charge in [-0.3, -0.25) is 9.78 Å². The van der Waals surface area contributed by atoms with E-state index >= 15 is 0 Å². The number of aliphatic hydroxyl groups excluding tert-OH is 1. The normalized spacial score (nSPS) is 17.1. The summed E-state index contributed by atoms with van der Waals surface area (Å²) in [6.07, 6.45) is 4.74. The number of hydrogen-bond donors (Lipinski definition) is 2. The van der Waals surface area contributed by atoms with Gasteiger partial charge in [0.1, 0.15) is 5.82 Å². The number of rotatable bonds is 5. The molecule has 0 aromatic carbocycles. The molecule has 0 radical (unpaired) electrons.